The topological polar surface area (TPSA) is 62.4 Å². The third kappa shape index (κ3) is 3.85. The Hall–Kier alpha value is -1.30. The minimum atomic E-state index is -0.748. The van der Waals surface area contributed by atoms with Gasteiger partial charge in [0.05, 0.1) is 0 Å². The van der Waals surface area contributed by atoms with Gasteiger partial charge in [-0.25, -0.2) is 4.79 Å². The lowest BCUT2D eigenvalue weighted by Gasteiger charge is -2.23. The van der Waals surface area contributed by atoms with E-state index in [0.717, 1.165) is 43.2 Å². The second-order valence-corrected chi connectivity index (χ2v) is 5.93. The number of aromatic nitrogens is 1. The highest BCUT2D eigenvalue weighted by molar-refractivity contribution is 9.10. The number of carbonyl (C=O) groups excluding carboxylic acids is 2. The fourth-order valence-corrected chi connectivity index (χ4v) is 2.65. The number of amides is 1. The number of carbonyl (C=O) groups is 2. The molecule has 1 aliphatic rings. The largest absolute Gasteiger partial charge is 0.448 e. The van der Waals surface area contributed by atoms with Crippen LogP contribution >= 0.6 is 15.9 Å². The highest BCUT2D eigenvalue weighted by Crippen LogP contribution is 2.14. The number of rotatable bonds is 3. The Bertz CT molecular complexity index is 479. The number of likely N-dealkylation sites (tertiary alicyclic amines) is 1. The number of nitrogens with one attached hydrogen (secondary N) is 1. The van der Waals surface area contributed by atoms with Crippen molar-refractivity contribution in [3.05, 3.63) is 22.4 Å². The summed E-state index contributed by atoms with van der Waals surface area (Å²) in [5.74, 6) is -0.614. The Balaban J connectivity index is 1.91. The van der Waals surface area contributed by atoms with E-state index in [1.165, 1.54) is 0 Å². The minimum Gasteiger partial charge on any atom is -0.448 e. The summed E-state index contributed by atoms with van der Waals surface area (Å²) in [5, 5.41) is 0. The van der Waals surface area contributed by atoms with E-state index >= 15 is 0 Å². The van der Waals surface area contributed by atoms with E-state index in [1.807, 2.05) is 0 Å². The number of aromatic amines is 1. The van der Waals surface area contributed by atoms with Gasteiger partial charge in [0.25, 0.3) is 5.91 Å². The van der Waals surface area contributed by atoms with E-state index in [9.17, 15) is 9.59 Å². The summed E-state index contributed by atoms with van der Waals surface area (Å²) in [5.41, 5.74) is 0.340. The van der Waals surface area contributed by atoms with Gasteiger partial charge in [-0.2, -0.15) is 0 Å². The molecule has 2 heterocycles. The smallest absolute Gasteiger partial charge is 0.355 e. The molecule has 0 bridgehead atoms. The average Bonchev–Trinajstić information content (AvgIpc) is 2.70. The third-order valence-corrected chi connectivity index (χ3v) is 3.87. The van der Waals surface area contributed by atoms with Crippen molar-refractivity contribution < 1.29 is 14.3 Å². The van der Waals surface area contributed by atoms with Crippen LogP contribution in [0.3, 0.4) is 0 Å². The first-order valence-corrected chi connectivity index (χ1v) is 7.71. The van der Waals surface area contributed by atoms with Gasteiger partial charge in [-0.1, -0.05) is 12.8 Å². The van der Waals surface area contributed by atoms with Crippen molar-refractivity contribution in [2.75, 3.05) is 13.1 Å². The molecule has 1 aromatic heterocycles. The molecule has 1 aliphatic heterocycles. The first-order valence-electron chi connectivity index (χ1n) is 6.91. The third-order valence-electron chi connectivity index (χ3n) is 3.42. The molecule has 0 unspecified atom stereocenters. The van der Waals surface area contributed by atoms with E-state index in [-0.39, 0.29) is 5.91 Å². The molecule has 0 aliphatic carbocycles. The lowest BCUT2D eigenvalue weighted by atomic mass is 10.2. The van der Waals surface area contributed by atoms with Gasteiger partial charge in [-0.3, -0.25) is 4.79 Å². The summed E-state index contributed by atoms with van der Waals surface area (Å²) >= 11 is 3.25. The van der Waals surface area contributed by atoms with E-state index < -0.39 is 12.1 Å². The van der Waals surface area contributed by atoms with Crippen molar-refractivity contribution in [3.63, 3.8) is 0 Å². The molecule has 1 atom stereocenters. The van der Waals surface area contributed by atoms with Gasteiger partial charge >= 0.3 is 5.97 Å². The number of halogens is 1. The van der Waals surface area contributed by atoms with E-state index in [4.69, 9.17) is 4.74 Å². The SMILES string of the molecule is C[C@@H](OC(=O)c1cc(Br)c[nH]1)C(=O)N1CCCCCC1. The van der Waals surface area contributed by atoms with Crippen molar-refractivity contribution >= 4 is 27.8 Å². The Labute approximate surface area is 126 Å². The van der Waals surface area contributed by atoms with Crippen LogP contribution in [0, 0.1) is 0 Å². The highest BCUT2D eigenvalue weighted by Gasteiger charge is 2.25. The number of ether oxygens (including phenoxy) is 1. The molecule has 1 fully saturated rings. The predicted molar refractivity (Wildman–Crippen MR) is 78.4 cm³/mol. The van der Waals surface area contributed by atoms with Crippen LogP contribution in [-0.4, -0.2) is 41.0 Å². The lowest BCUT2D eigenvalue weighted by Crippen LogP contribution is -2.40. The molecule has 1 amide bonds. The first kappa shape index (κ1) is 15.1. The number of nitrogens with zero attached hydrogens (tertiary/aromatic N) is 1. The molecule has 20 heavy (non-hydrogen) atoms. The Morgan fingerprint density at radius 3 is 2.50 bits per heavy atom. The summed E-state index contributed by atoms with van der Waals surface area (Å²) in [4.78, 5) is 28.7. The van der Waals surface area contributed by atoms with Gasteiger partial charge in [-0.05, 0) is 41.8 Å². The second-order valence-electron chi connectivity index (χ2n) is 5.02. The number of hydrogen-bond donors (Lipinski definition) is 1. The maximum atomic E-state index is 12.3. The molecule has 0 spiro atoms. The molecule has 0 saturated carbocycles. The molecule has 2 rings (SSSR count). The Morgan fingerprint density at radius 1 is 1.30 bits per heavy atom. The fourth-order valence-electron chi connectivity index (χ4n) is 2.31. The van der Waals surface area contributed by atoms with Crippen molar-refractivity contribution in [3.8, 4) is 0 Å². The molecule has 5 nitrogen and oxygen atoms in total. The van der Waals surface area contributed by atoms with E-state index in [2.05, 4.69) is 20.9 Å². The molecule has 1 aromatic rings. The van der Waals surface area contributed by atoms with E-state index in [0.29, 0.717) is 5.69 Å². The number of esters is 1. The zero-order valence-electron chi connectivity index (χ0n) is 11.5. The molecule has 6 heteroatoms. The summed E-state index contributed by atoms with van der Waals surface area (Å²) < 4.78 is 6.00. The van der Waals surface area contributed by atoms with Gasteiger partial charge < -0.3 is 14.6 Å². The Morgan fingerprint density at radius 2 is 1.95 bits per heavy atom. The van der Waals surface area contributed by atoms with Crippen LogP contribution in [0.15, 0.2) is 16.7 Å². The number of H-pyrrole nitrogens is 1. The first-order chi connectivity index (χ1) is 9.58. The van der Waals surface area contributed by atoms with Gasteiger partial charge in [0, 0.05) is 23.8 Å². The van der Waals surface area contributed by atoms with Crippen LogP contribution in [0.1, 0.15) is 43.1 Å². The van der Waals surface area contributed by atoms with Crippen molar-refractivity contribution in [2.45, 2.75) is 38.7 Å². The van der Waals surface area contributed by atoms with E-state index in [1.54, 1.807) is 24.1 Å². The molecular weight excluding hydrogens is 324 g/mol. The zero-order valence-corrected chi connectivity index (χ0v) is 13.1. The highest BCUT2D eigenvalue weighted by atomic mass is 79.9. The van der Waals surface area contributed by atoms with Crippen LogP contribution in [0.4, 0.5) is 0 Å². The van der Waals surface area contributed by atoms with Gasteiger partial charge in [-0.15, -0.1) is 0 Å². The van der Waals surface area contributed by atoms with Crippen LogP contribution < -0.4 is 0 Å². The zero-order chi connectivity index (χ0) is 14.5. The number of hydrogen-bond acceptors (Lipinski definition) is 3. The Kier molecular flexibility index (Phi) is 5.23. The summed E-state index contributed by atoms with van der Waals surface area (Å²) in [6.07, 6.45) is 5.27. The summed E-state index contributed by atoms with van der Waals surface area (Å²) in [6, 6.07) is 1.63. The fraction of sp³-hybridized carbons (Fsp3) is 0.571. The van der Waals surface area contributed by atoms with Gasteiger partial charge in [0.1, 0.15) is 5.69 Å². The molecular formula is C14H19BrN2O3. The molecule has 110 valence electrons. The molecule has 1 saturated heterocycles. The van der Waals surface area contributed by atoms with Crippen LogP contribution in [0.5, 0.6) is 0 Å². The average molecular weight is 343 g/mol. The standard InChI is InChI=1S/C14H19BrN2O3/c1-10(13(18)17-6-4-2-3-5-7-17)20-14(19)12-8-11(15)9-16-12/h8-10,16H,2-7H2,1H3/t10-/m1/s1. The van der Waals surface area contributed by atoms with Crippen LogP contribution in [0.2, 0.25) is 0 Å². The monoisotopic (exact) mass is 342 g/mol. The second kappa shape index (κ2) is 6.92. The van der Waals surface area contributed by atoms with Crippen molar-refractivity contribution in [2.24, 2.45) is 0 Å². The minimum absolute atomic E-state index is 0.106. The normalized spacial score (nSPS) is 17.4. The summed E-state index contributed by atoms with van der Waals surface area (Å²) in [6.45, 7) is 3.15. The molecule has 0 aromatic carbocycles. The summed E-state index contributed by atoms with van der Waals surface area (Å²) in [7, 11) is 0. The van der Waals surface area contributed by atoms with Crippen molar-refractivity contribution in [1.82, 2.24) is 9.88 Å². The van der Waals surface area contributed by atoms with Crippen LogP contribution in [-0.2, 0) is 9.53 Å². The molecule has 0 radical (unpaired) electrons. The quantitative estimate of drug-likeness (QED) is 0.859. The predicted octanol–water partition coefficient (Wildman–Crippen LogP) is 2.73. The maximum absolute atomic E-state index is 12.3. The van der Waals surface area contributed by atoms with Crippen LogP contribution in [0.25, 0.3) is 0 Å². The van der Waals surface area contributed by atoms with Gasteiger partial charge in [0.2, 0.25) is 0 Å². The van der Waals surface area contributed by atoms with Crippen molar-refractivity contribution in [1.29, 1.82) is 0 Å². The maximum Gasteiger partial charge on any atom is 0.355 e. The molecule has 1 N–H and O–H groups in total. The van der Waals surface area contributed by atoms with Gasteiger partial charge in [0.15, 0.2) is 6.10 Å². The lowest BCUT2D eigenvalue weighted by molar-refractivity contribution is -0.139.